The molecule has 0 aromatic heterocycles. The number of hydrogen-bond acceptors (Lipinski definition) is 2. The predicted molar refractivity (Wildman–Crippen MR) is 80.7 cm³/mol. The van der Waals surface area contributed by atoms with Gasteiger partial charge in [-0.3, -0.25) is 5.43 Å². The van der Waals surface area contributed by atoms with Gasteiger partial charge in [0, 0.05) is 6.54 Å². The molecule has 2 aromatic rings. The molecule has 0 aliphatic rings. The van der Waals surface area contributed by atoms with Crippen LogP contribution in [0.25, 0.3) is 10.8 Å². The van der Waals surface area contributed by atoms with Gasteiger partial charge in [-0.15, -0.1) is 0 Å². The maximum absolute atomic E-state index is 5.45. The van der Waals surface area contributed by atoms with Crippen LogP contribution in [0.3, 0.4) is 0 Å². The van der Waals surface area contributed by atoms with Crippen molar-refractivity contribution in [2.75, 3.05) is 6.54 Å². The zero-order chi connectivity index (χ0) is 13.5. The predicted octanol–water partition coefficient (Wildman–Crippen LogP) is 2.16. The molecule has 0 spiro atoms. The van der Waals surface area contributed by atoms with E-state index in [0.717, 1.165) is 13.0 Å². The van der Waals surface area contributed by atoms with Crippen molar-refractivity contribution in [2.45, 2.75) is 19.9 Å². The zero-order valence-electron chi connectivity index (χ0n) is 11.2. The fraction of sp³-hybridized carbons (Fsp3) is 0.267. The Hall–Kier alpha value is -2.07. The summed E-state index contributed by atoms with van der Waals surface area (Å²) in [6.45, 7) is 3.57. The van der Waals surface area contributed by atoms with Crippen molar-refractivity contribution in [3.8, 4) is 0 Å². The maximum Gasteiger partial charge on any atom is 0.206 e. The highest BCUT2D eigenvalue weighted by atomic mass is 15.3. The number of hydrazine groups is 1. The minimum absolute atomic E-state index is 0.609. The molecule has 0 bridgehead atoms. The summed E-state index contributed by atoms with van der Waals surface area (Å²) in [5.74, 6) is 6.08. The summed E-state index contributed by atoms with van der Waals surface area (Å²) in [4.78, 5) is 4.47. The van der Waals surface area contributed by atoms with E-state index in [1.165, 1.54) is 16.3 Å². The monoisotopic (exact) mass is 256 g/mol. The lowest BCUT2D eigenvalue weighted by Gasteiger charge is -2.09. The van der Waals surface area contributed by atoms with Crippen LogP contribution in [0.4, 0.5) is 0 Å². The first kappa shape index (κ1) is 13.4. The van der Waals surface area contributed by atoms with Gasteiger partial charge in [0.25, 0.3) is 0 Å². The van der Waals surface area contributed by atoms with Gasteiger partial charge < -0.3 is 5.32 Å². The second-order valence-electron chi connectivity index (χ2n) is 4.37. The van der Waals surface area contributed by atoms with E-state index in [9.17, 15) is 0 Å². The number of nitrogens with two attached hydrogens (primary N) is 1. The Morgan fingerprint density at radius 1 is 1.16 bits per heavy atom. The number of aliphatic imine (C=N–C) groups is 1. The second kappa shape index (κ2) is 6.75. The molecule has 0 heterocycles. The topological polar surface area (TPSA) is 62.4 Å². The number of nitrogens with one attached hydrogen (secondary N) is 2. The molecule has 0 atom stereocenters. The lowest BCUT2D eigenvalue weighted by Crippen LogP contribution is -2.41. The lowest BCUT2D eigenvalue weighted by atomic mass is 10.1. The Labute approximate surface area is 113 Å². The molecule has 2 rings (SSSR count). The Morgan fingerprint density at radius 3 is 2.74 bits per heavy atom. The Balaban J connectivity index is 2.18. The molecule has 4 N–H and O–H groups in total. The van der Waals surface area contributed by atoms with Gasteiger partial charge in [0.1, 0.15) is 0 Å². The summed E-state index contributed by atoms with van der Waals surface area (Å²) in [5.41, 5.74) is 3.79. The van der Waals surface area contributed by atoms with E-state index in [1.807, 2.05) is 12.1 Å². The molecule has 0 unspecified atom stereocenters. The number of rotatable bonds is 4. The highest BCUT2D eigenvalue weighted by molar-refractivity contribution is 5.86. The van der Waals surface area contributed by atoms with Crippen LogP contribution < -0.4 is 16.6 Å². The number of nitrogens with zero attached hydrogens (tertiary/aromatic N) is 1. The van der Waals surface area contributed by atoms with Crippen molar-refractivity contribution in [3.05, 3.63) is 48.0 Å². The highest BCUT2D eigenvalue weighted by Crippen LogP contribution is 2.18. The average Bonchev–Trinajstić information content (AvgIpc) is 2.47. The van der Waals surface area contributed by atoms with Gasteiger partial charge in [-0.05, 0) is 22.8 Å². The molecule has 0 saturated carbocycles. The molecule has 0 aliphatic carbocycles. The van der Waals surface area contributed by atoms with Gasteiger partial charge in [-0.1, -0.05) is 49.4 Å². The molecule has 4 heteroatoms. The fourth-order valence-corrected chi connectivity index (χ4v) is 1.99. The van der Waals surface area contributed by atoms with Crippen molar-refractivity contribution in [3.63, 3.8) is 0 Å². The molecule has 4 nitrogen and oxygen atoms in total. The SMILES string of the molecule is CCCNC(=NCc1cccc2ccccc12)NN. The quantitative estimate of drug-likeness (QED) is 0.340. The van der Waals surface area contributed by atoms with Crippen molar-refractivity contribution in [2.24, 2.45) is 10.8 Å². The van der Waals surface area contributed by atoms with E-state index in [4.69, 9.17) is 5.84 Å². The normalized spacial score (nSPS) is 11.6. The third-order valence-corrected chi connectivity index (χ3v) is 2.97. The van der Waals surface area contributed by atoms with Crippen molar-refractivity contribution >= 4 is 16.7 Å². The first-order valence-corrected chi connectivity index (χ1v) is 6.56. The van der Waals surface area contributed by atoms with Crippen LogP contribution in [-0.4, -0.2) is 12.5 Å². The third-order valence-electron chi connectivity index (χ3n) is 2.97. The summed E-state index contributed by atoms with van der Waals surface area (Å²) in [5, 5.41) is 5.62. The molecular weight excluding hydrogens is 236 g/mol. The first-order chi connectivity index (χ1) is 9.35. The van der Waals surface area contributed by atoms with Crippen LogP contribution in [0.15, 0.2) is 47.5 Å². The van der Waals surface area contributed by atoms with E-state index in [0.29, 0.717) is 12.5 Å². The van der Waals surface area contributed by atoms with E-state index in [2.05, 4.69) is 53.0 Å². The largest absolute Gasteiger partial charge is 0.355 e. The van der Waals surface area contributed by atoms with Gasteiger partial charge >= 0.3 is 0 Å². The van der Waals surface area contributed by atoms with E-state index in [-0.39, 0.29) is 0 Å². The maximum atomic E-state index is 5.45. The molecular formula is C15H20N4. The molecule has 0 fully saturated rings. The Bertz CT molecular complexity index is 558. The van der Waals surface area contributed by atoms with Crippen LogP contribution in [0.5, 0.6) is 0 Å². The van der Waals surface area contributed by atoms with E-state index >= 15 is 0 Å². The molecule has 19 heavy (non-hydrogen) atoms. The Kier molecular flexibility index (Phi) is 4.75. The van der Waals surface area contributed by atoms with Crippen molar-refractivity contribution in [1.29, 1.82) is 0 Å². The Morgan fingerprint density at radius 2 is 1.95 bits per heavy atom. The van der Waals surface area contributed by atoms with Gasteiger partial charge in [0.15, 0.2) is 0 Å². The van der Waals surface area contributed by atoms with Gasteiger partial charge in [0.05, 0.1) is 6.54 Å². The summed E-state index contributed by atoms with van der Waals surface area (Å²) in [7, 11) is 0. The second-order valence-corrected chi connectivity index (χ2v) is 4.37. The summed E-state index contributed by atoms with van der Waals surface area (Å²) >= 11 is 0. The van der Waals surface area contributed by atoms with Crippen LogP contribution in [-0.2, 0) is 6.54 Å². The van der Waals surface area contributed by atoms with Gasteiger partial charge in [0.2, 0.25) is 5.96 Å². The van der Waals surface area contributed by atoms with Crippen LogP contribution in [0.1, 0.15) is 18.9 Å². The summed E-state index contributed by atoms with van der Waals surface area (Å²) in [6, 6.07) is 14.6. The van der Waals surface area contributed by atoms with Crippen LogP contribution in [0, 0.1) is 0 Å². The number of guanidine groups is 1. The fourth-order valence-electron chi connectivity index (χ4n) is 1.99. The van der Waals surface area contributed by atoms with E-state index < -0.39 is 0 Å². The number of hydrogen-bond donors (Lipinski definition) is 3. The highest BCUT2D eigenvalue weighted by Gasteiger charge is 2.00. The molecule has 0 amide bonds. The molecule has 0 aliphatic heterocycles. The first-order valence-electron chi connectivity index (χ1n) is 6.56. The standard InChI is InChI=1S/C15H20N4/c1-2-10-17-15(19-16)18-11-13-8-5-7-12-6-3-4-9-14(12)13/h3-9H,2,10-11,16H2,1H3,(H2,17,18,19). The number of fused-ring (bicyclic) bond motifs is 1. The molecule has 0 saturated heterocycles. The van der Waals surface area contributed by atoms with Gasteiger partial charge in [-0.2, -0.15) is 0 Å². The van der Waals surface area contributed by atoms with Crippen LogP contribution in [0.2, 0.25) is 0 Å². The summed E-state index contributed by atoms with van der Waals surface area (Å²) in [6.07, 6.45) is 1.04. The molecule has 2 aromatic carbocycles. The minimum atomic E-state index is 0.609. The average molecular weight is 256 g/mol. The van der Waals surface area contributed by atoms with Crippen molar-refractivity contribution < 1.29 is 0 Å². The molecule has 0 radical (unpaired) electrons. The zero-order valence-corrected chi connectivity index (χ0v) is 11.2. The smallest absolute Gasteiger partial charge is 0.206 e. The molecule has 100 valence electrons. The lowest BCUT2D eigenvalue weighted by molar-refractivity contribution is 0.791. The minimum Gasteiger partial charge on any atom is -0.355 e. The summed E-state index contributed by atoms with van der Waals surface area (Å²) < 4.78 is 0. The van der Waals surface area contributed by atoms with Gasteiger partial charge in [-0.25, -0.2) is 10.8 Å². The van der Waals surface area contributed by atoms with Crippen molar-refractivity contribution in [1.82, 2.24) is 10.7 Å². The third kappa shape index (κ3) is 3.45. The van der Waals surface area contributed by atoms with E-state index in [1.54, 1.807) is 0 Å². The van der Waals surface area contributed by atoms with Crippen LogP contribution >= 0.6 is 0 Å². The number of benzene rings is 2.